The molecular weight excluding hydrogens is 311 g/mol. The van der Waals surface area contributed by atoms with Crippen LogP contribution in [0.1, 0.15) is 25.5 Å². The van der Waals surface area contributed by atoms with Gasteiger partial charge in [0.1, 0.15) is 5.82 Å². The van der Waals surface area contributed by atoms with Gasteiger partial charge in [0.25, 0.3) is 0 Å². The Morgan fingerprint density at radius 3 is 2.68 bits per heavy atom. The molecule has 3 nitrogen and oxygen atoms in total. The Morgan fingerprint density at radius 2 is 2.11 bits per heavy atom. The highest BCUT2D eigenvalue weighted by Crippen LogP contribution is 2.24. The first-order valence-corrected chi connectivity index (χ1v) is 7.21. The van der Waals surface area contributed by atoms with E-state index < -0.39 is 0 Å². The lowest BCUT2D eigenvalue weighted by atomic mass is 10.1. The van der Waals surface area contributed by atoms with E-state index in [0.717, 1.165) is 4.47 Å². The van der Waals surface area contributed by atoms with Crippen LogP contribution < -0.4 is 5.73 Å². The highest BCUT2D eigenvalue weighted by Gasteiger charge is 2.19. The van der Waals surface area contributed by atoms with Crippen molar-refractivity contribution in [1.82, 2.24) is 4.90 Å². The molecule has 108 valence electrons. The highest BCUT2D eigenvalue weighted by molar-refractivity contribution is 9.10. The van der Waals surface area contributed by atoms with E-state index in [9.17, 15) is 4.39 Å². The Morgan fingerprint density at radius 1 is 1.42 bits per heavy atom. The number of nitrogens with zero attached hydrogens (tertiary/aromatic N) is 1. The number of likely N-dealkylation sites (N-methyl/N-ethyl adjacent to an activating group) is 1. The molecule has 0 bridgehead atoms. The highest BCUT2D eigenvalue weighted by atomic mass is 79.9. The van der Waals surface area contributed by atoms with Gasteiger partial charge in [-0.15, -0.1) is 0 Å². The molecule has 1 unspecified atom stereocenters. The van der Waals surface area contributed by atoms with Crippen LogP contribution in [0.4, 0.5) is 4.39 Å². The van der Waals surface area contributed by atoms with Gasteiger partial charge in [-0.3, -0.25) is 4.90 Å². The predicted molar refractivity (Wildman–Crippen MR) is 79.6 cm³/mol. The summed E-state index contributed by atoms with van der Waals surface area (Å²) in [5.41, 5.74) is 6.41. The number of ether oxygens (including phenoxy) is 1. The second-order valence-corrected chi connectivity index (χ2v) is 5.73. The number of benzene rings is 1. The van der Waals surface area contributed by atoms with Crippen molar-refractivity contribution in [3.8, 4) is 0 Å². The lowest BCUT2D eigenvalue weighted by Crippen LogP contribution is -2.34. The summed E-state index contributed by atoms with van der Waals surface area (Å²) in [5, 5.41) is 0. The van der Waals surface area contributed by atoms with Crippen LogP contribution in [0.5, 0.6) is 0 Å². The van der Waals surface area contributed by atoms with Gasteiger partial charge in [0.15, 0.2) is 0 Å². The largest absolute Gasteiger partial charge is 0.377 e. The van der Waals surface area contributed by atoms with E-state index >= 15 is 0 Å². The lowest BCUT2D eigenvalue weighted by Gasteiger charge is -2.28. The summed E-state index contributed by atoms with van der Waals surface area (Å²) in [6.07, 6.45) is 0.201. The van der Waals surface area contributed by atoms with Gasteiger partial charge >= 0.3 is 0 Å². The minimum absolute atomic E-state index is 0.145. The topological polar surface area (TPSA) is 38.5 Å². The molecule has 1 aromatic carbocycles. The van der Waals surface area contributed by atoms with Crippen LogP contribution in [0.25, 0.3) is 0 Å². The minimum atomic E-state index is -0.227. The maximum absolute atomic E-state index is 13.9. The summed E-state index contributed by atoms with van der Waals surface area (Å²) >= 11 is 3.36. The number of rotatable bonds is 7. The van der Waals surface area contributed by atoms with E-state index in [4.69, 9.17) is 10.5 Å². The zero-order valence-electron chi connectivity index (χ0n) is 11.7. The molecule has 1 rings (SSSR count). The van der Waals surface area contributed by atoms with Crippen LogP contribution in [-0.4, -0.2) is 37.7 Å². The average molecular weight is 333 g/mol. The van der Waals surface area contributed by atoms with E-state index in [2.05, 4.69) is 15.9 Å². The first-order chi connectivity index (χ1) is 8.95. The second kappa shape index (κ2) is 7.94. The molecule has 2 N–H and O–H groups in total. The van der Waals surface area contributed by atoms with Gasteiger partial charge < -0.3 is 10.5 Å². The van der Waals surface area contributed by atoms with Gasteiger partial charge in [0.05, 0.1) is 12.7 Å². The molecule has 0 radical (unpaired) electrons. The molecule has 5 heteroatoms. The van der Waals surface area contributed by atoms with Gasteiger partial charge in [-0.1, -0.05) is 15.9 Å². The summed E-state index contributed by atoms with van der Waals surface area (Å²) in [6, 6.07) is 4.79. The molecule has 0 aliphatic carbocycles. The van der Waals surface area contributed by atoms with E-state index in [1.807, 2.05) is 25.8 Å². The van der Waals surface area contributed by atoms with Crippen LogP contribution in [-0.2, 0) is 4.74 Å². The zero-order valence-corrected chi connectivity index (χ0v) is 13.3. The van der Waals surface area contributed by atoms with Crippen molar-refractivity contribution >= 4 is 15.9 Å². The molecule has 0 saturated carbocycles. The fourth-order valence-electron chi connectivity index (χ4n) is 1.90. The molecule has 0 spiro atoms. The van der Waals surface area contributed by atoms with Crippen LogP contribution in [0.15, 0.2) is 22.7 Å². The summed E-state index contributed by atoms with van der Waals surface area (Å²) < 4.78 is 20.3. The SMILES string of the molecule is CC(C)OCCN(C)C(CN)c1cc(Br)ccc1F. The maximum atomic E-state index is 13.9. The van der Waals surface area contributed by atoms with Crippen LogP contribution in [0, 0.1) is 5.82 Å². The number of hydrogen-bond acceptors (Lipinski definition) is 3. The van der Waals surface area contributed by atoms with Gasteiger partial charge in [-0.25, -0.2) is 4.39 Å². The molecule has 0 aliphatic rings. The monoisotopic (exact) mass is 332 g/mol. The quantitative estimate of drug-likeness (QED) is 0.834. The standard InChI is InChI=1S/C14H22BrFN2O/c1-10(2)19-7-6-18(3)14(9-17)12-8-11(15)4-5-13(12)16/h4-5,8,10,14H,6-7,9,17H2,1-3H3. The molecule has 0 saturated heterocycles. The van der Waals surface area contributed by atoms with Crippen LogP contribution in [0.2, 0.25) is 0 Å². The number of hydrogen-bond donors (Lipinski definition) is 1. The number of halogens is 2. The second-order valence-electron chi connectivity index (χ2n) is 4.82. The van der Waals surface area contributed by atoms with Crippen molar-refractivity contribution in [2.24, 2.45) is 5.73 Å². The third-order valence-corrected chi connectivity index (χ3v) is 3.46. The molecular formula is C14H22BrFN2O. The molecule has 0 fully saturated rings. The molecule has 1 atom stereocenters. The maximum Gasteiger partial charge on any atom is 0.128 e. The summed E-state index contributed by atoms with van der Waals surface area (Å²) in [4.78, 5) is 2.02. The van der Waals surface area contributed by atoms with E-state index in [0.29, 0.717) is 25.3 Å². The van der Waals surface area contributed by atoms with Gasteiger partial charge in [-0.05, 0) is 39.1 Å². The Labute approximate surface area is 123 Å². The summed E-state index contributed by atoms with van der Waals surface area (Å²) in [5.74, 6) is -0.227. The molecule has 0 aliphatic heterocycles. The van der Waals surface area contributed by atoms with Crippen molar-refractivity contribution in [2.45, 2.75) is 26.0 Å². The van der Waals surface area contributed by atoms with E-state index in [1.165, 1.54) is 6.07 Å². The van der Waals surface area contributed by atoms with Crippen molar-refractivity contribution in [3.05, 3.63) is 34.1 Å². The van der Waals surface area contributed by atoms with E-state index in [-0.39, 0.29) is 18.0 Å². The zero-order chi connectivity index (χ0) is 14.4. The third kappa shape index (κ3) is 5.18. The summed E-state index contributed by atoms with van der Waals surface area (Å²) in [7, 11) is 1.93. The Balaban J connectivity index is 2.73. The molecule has 1 aromatic rings. The van der Waals surface area contributed by atoms with Gasteiger partial charge in [0, 0.05) is 29.2 Å². The Hall–Kier alpha value is -0.490. The van der Waals surface area contributed by atoms with Crippen molar-refractivity contribution in [2.75, 3.05) is 26.7 Å². The molecule has 0 heterocycles. The van der Waals surface area contributed by atoms with Gasteiger partial charge in [0.2, 0.25) is 0 Å². The predicted octanol–water partition coefficient (Wildman–Crippen LogP) is 2.94. The van der Waals surface area contributed by atoms with Crippen LogP contribution >= 0.6 is 15.9 Å². The first-order valence-electron chi connectivity index (χ1n) is 6.42. The fraction of sp³-hybridized carbons (Fsp3) is 0.571. The smallest absolute Gasteiger partial charge is 0.128 e. The first kappa shape index (κ1) is 16.6. The van der Waals surface area contributed by atoms with Crippen LogP contribution in [0.3, 0.4) is 0 Å². The molecule has 0 aromatic heterocycles. The third-order valence-electron chi connectivity index (χ3n) is 2.97. The Kier molecular flexibility index (Phi) is 6.93. The lowest BCUT2D eigenvalue weighted by molar-refractivity contribution is 0.0561. The minimum Gasteiger partial charge on any atom is -0.377 e. The fourth-order valence-corrected chi connectivity index (χ4v) is 2.28. The number of nitrogens with two attached hydrogens (primary N) is 1. The normalized spacial score (nSPS) is 13.3. The van der Waals surface area contributed by atoms with E-state index in [1.54, 1.807) is 12.1 Å². The average Bonchev–Trinajstić information content (AvgIpc) is 2.34. The summed E-state index contributed by atoms with van der Waals surface area (Å²) in [6.45, 7) is 5.68. The Bertz CT molecular complexity index is 401. The van der Waals surface area contributed by atoms with Crippen molar-refractivity contribution in [3.63, 3.8) is 0 Å². The van der Waals surface area contributed by atoms with Crippen molar-refractivity contribution in [1.29, 1.82) is 0 Å². The van der Waals surface area contributed by atoms with Gasteiger partial charge in [-0.2, -0.15) is 0 Å². The molecule has 0 amide bonds. The van der Waals surface area contributed by atoms with Crippen molar-refractivity contribution < 1.29 is 9.13 Å². The molecule has 19 heavy (non-hydrogen) atoms.